The zero-order chi connectivity index (χ0) is 20.8. The third-order valence-corrected chi connectivity index (χ3v) is 6.16. The summed E-state index contributed by atoms with van der Waals surface area (Å²) in [5.41, 5.74) is 0.949. The Labute approximate surface area is 166 Å². The van der Waals surface area contributed by atoms with Gasteiger partial charge in [0.15, 0.2) is 5.70 Å². The lowest BCUT2D eigenvalue weighted by molar-refractivity contribution is -0.129. The third kappa shape index (κ3) is 3.24. The van der Waals surface area contributed by atoms with E-state index in [2.05, 4.69) is 4.99 Å². The van der Waals surface area contributed by atoms with E-state index in [9.17, 15) is 17.6 Å². The van der Waals surface area contributed by atoms with Gasteiger partial charge in [0.05, 0.1) is 11.1 Å². The number of nitrogens with zero attached hydrogens (tertiary/aromatic N) is 3. The molecule has 0 spiro atoms. The Balaban J connectivity index is 1.85. The van der Waals surface area contributed by atoms with Gasteiger partial charge in [-0.05, 0) is 24.3 Å². The molecule has 148 valence electrons. The van der Waals surface area contributed by atoms with Gasteiger partial charge < -0.3 is 4.74 Å². The molecule has 2 heterocycles. The van der Waals surface area contributed by atoms with E-state index in [0.717, 1.165) is 8.28 Å². The minimum atomic E-state index is -3.77. The van der Waals surface area contributed by atoms with E-state index in [1.54, 1.807) is 30.3 Å². The molecule has 0 bridgehead atoms. The van der Waals surface area contributed by atoms with Crippen LogP contribution < -0.4 is 0 Å². The summed E-state index contributed by atoms with van der Waals surface area (Å²) in [4.78, 5) is 16.4. The van der Waals surface area contributed by atoms with Gasteiger partial charge in [-0.25, -0.2) is 18.1 Å². The number of para-hydroxylation sites is 1. The Morgan fingerprint density at radius 1 is 1.10 bits per heavy atom. The predicted molar refractivity (Wildman–Crippen MR) is 107 cm³/mol. The molecule has 0 saturated carbocycles. The highest BCUT2D eigenvalue weighted by Gasteiger charge is 2.27. The van der Waals surface area contributed by atoms with Crippen molar-refractivity contribution >= 4 is 39.1 Å². The fourth-order valence-electron chi connectivity index (χ4n) is 2.96. The molecular formula is C20H16FN3O4S. The fourth-order valence-corrected chi connectivity index (χ4v) is 3.97. The molecule has 9 heteroatoms. The number of carbonyl (C=O) groups excluding carboxylic acids is 1. The zero-order valence-corrected chi connectivity index (χ0v) is 16.4. The number of cyclic esters (lactones) is 1. The Kier molecular flexibility index (Phi) is 4.56. The number of hydrogen-bond acceptors (Lipinski definition) is 5. The van der Waals surface area contributed by atoms with Crippen LogP contribution in [0.25, 0.3) is 17.0 Å². The summed E-state index contributed by atoms with van der Waals surface area (Å²) in [6.45, 7) is 0. The minimum Gasteiger partial charge on any atom is -0.402 e. The van der Waals surface area contributed by atoms with Crippen LogP contribution in [0.2, 0.25) is 0 Å². The Morgan fingerprint density at radius 3 is 2.52 bits per heavy atom. The molecule has 4 rings (SSSR count). The van der Waals surface area contributed by atoms with Crippen LogP contribution >= 0.6 is 0 Å². The van der Waals surface area contributed by atoms with Gasteiger partial charge in [0, 0.05) is 31.2 Å². The monoisotopic (exact) mass is 413 g/mol. The molecule has 29 heavy (non-hydrogen) atoms. The summed E-state index contributed by atoms with van der Waals surface area (Å²) >= 11 is 0. The number of rotatable bonds is 4. The van der Waals surface area contributed by atoms with Gasteiger partial charge in [-0.1, -0.05) is 30.3 Å². The van der Waals surface area contributed by atoms with E-state index in [4.69, 9.17) is 4.74 Å². The maximum absolute atomic E-state index is 14.0. The summed E-state index contributed by atoms with van der Waals surface area (Å²) in [5.74, 6) is -1.44. The number of halogens is 1. The lowest BCUT2D eigenvalue weighted by Gasteiger charge is -2.12. The van der Waals surface area contributed by atoms with Crippen LogP contribution in [0.4, 0.5) is 4.39 Å². The summed E-state index contributed by atoms with van der Waals surface area (Å²) in [7, 11) is -0.906. The van der Waals surface area contributed by atoms with Crippen molar-refractivity contribution in [3.8, 4) is 0 Å². The van der Waals surface area contributed by atoms with Crippen molar-refractivity contribution in [3.05, 3.63) is 77.4 Å². The zero-order valence-electron chi connectivity index (χ0n) is 15.5. The molecule has 7 nitrogen and oxygen atoms in total. The lowest BCUT2D eigenvalue weighted by Crippen LogP contribution is -2.28. The highest BCUT2D eigenvalue weighted by atomic mass is 32.2. The number of aliphatic imine (C=N–C) groups is 1. The topological polar surface area (TPSA) is 81.0 Å². The standard InChI is InChI=1S/C20H16FN3O4S/c1-23(2)29(26,27)24-12-13(14-7-4-6-10-18(14)24)11-17-20(25)28-19(22-17)15-8-3-5-9-16(15)21/h3-12H,1-2H3/b17-11-. The number of fused-ring (bicyclic) bond motifs is 1. The van der Waals surface area contributed by atoms with Crippen LogP contribution in [-0.2, 0) is 19.7 Å². The molecule has 3 aromatic rings. The molecule has 0 N–H and O–H groups in total. The normalized spacial score (nSPS) is 15.9. The smallest absolute Gasteiger partial charge is 0.363 e. The van der Waals surface area contributed by atoms with Crippen molar-refractivity contribution < 1.29 is 22.3 Å². The minimum absolute atomic E-state index is 0.0478. The first-order chi connectivity index (χ1) is 13.8. The Hall–Kier alpha value is -3.30. The van der Waals surface area contributed by atoms with Gasteiger partial charge in [-0.15, -0.1) is 0 Å². The number of benzene rings is 2. The molecule has 1 aliphatic rings. The van der Waals surface area contributed by atoms with Crippen LogP contribution in [0, 0.1) is 5.82 Å². The second-order valence-corrected chi connectivity index (χ2v) is 8.52. The summed E-state index contributed by atoms with van der Waals surface area (Å²) < 4.78 is 46.6. The maximum atomic E-state index is 14.0. The number of hydrogen-bond donors (Lipinski definition) is 0. The molecule has 0 aliphatic carbocycles. The maximum Gasteiger partial charge on any atom is 0.363 e. The van der Waals surface area contributed by atoms with Crippen LogP contribution in [-0.4, -0.2) is 42.7 Å². The average molecular weight is 413 g/mol. The molecular weight excluding hydrogens is 397 g/mol. The molecule has 0 unspecified atom stereocenters. The molecule has 0 amide bonds. The van der Waals surface area contributed by atoms with Crippen molar-refractivity contribution in [3.63, 3.8) is 0 Å². The molecule has 2 aromatic carbocycles. The molecule has 1 aliphatic heterocycles. The first-order valence-corrected chi connectivity index (χ1v) is 9.99. The van der Waals surface area contributed by atoms with Crippen LogP contribution in [0.5, 0.6) is 0 Å². The van der Waals surface area contributed by atoms with Gasteiger partial charge in [-0.3, -0.25) is 0 Å². The first-order valence-electron chi connectivity index (χ1n) is 8.59. The van der Waals surface area contributed by atoms with Crippen molar-refractivity contribution in [2.45, 2.75) is 0 Å². The number of aromatic nitrogens is 1. The van der Waals surface area contributed by atoms with Crippen molar-refractivity contribution in [1.29, 1.82) is 0 Å². The van der Waals surface area contributed by atoms with E-state index in [-0.39, 0.29) is 17.2 Å². The van der Waals surface area contributed by atoms with E-state index in [1.807, 2.05) is 0 Å². The second kappa shape index (κ2) is 6.94. The predicted octanol–water partition coefficient (Wildman–Crippen LogP) is 2.78. The van der Waals surface area contributed by atoms with E-state index >= 15 is 0 Å². The molecule has 0 radical (unpaired) electrons. The molecule has 1 aromatic heterocycles. The molecule has 0 saturated heterocycles. The molecule has 0 atom stereocenters. The number of esters is 1. The van der Waals surface area contributed by atoms with Crippen LogP contribution in [0.1, 0.15) is 11.1 Å². The summed E-state index contributed by atoms with van der Waals surface area (Å²) in [6, 6.07) is 12.7. The van der Waals surface area contributed by atoms with Crippen LogP contribution in [0.15, 0.2) is 65.4 Å². The Bertz CT molecular complexity index is 1310. The van der Waals surface area contributed by atoms with Gasteiger partial charge >= 0.3 is 16.2 Å². The van der Waals surface area contributed by atoms with Gasteiger partial charge in [-0.2, -0.15) is 12.7 Å². The van der Waals surface area contributed by atoms with E-state index in [1.165, 1.54) is 44.6 Å². The van der Waals surface area contributed by atoms with Crippen molar-refractivity contribution in [1.82, 2.24) is 8.28 Å². The highest BCUT2D eigenvalue weighted by Crippen LogP contribution is 2.28. The van der Waals surface area contributed by atoms with E-state index < -0.39 is 22.0 Å². The van der Waals surface area contributed by atoms with Gasteiger partial charge in [0.1, 0.15) is 5.82 Å². The SMILES string of the molecule is CN(C)S(=O)(=O)n1cc(/C=C2\N=C(c3ccccc3F)OC2=O)c2ccccc21. The lowest BCUT2D eigenvalue weighted by atomic mass is 10.1. The quantitative estimate of drug-likeness (QED) is 0.487. The average Bonchev–Trinajstić information content (AvgIpc) is 3.24. The second-order valence-electron chi connectivity index (χ2n) is 6.50. The highest BCUT2D eigenvalue weighted by molar-refractivity contribution is 7.87. The number of ether oxygens (including phenoxy) is 1. The van der Waals surface area contributed by atoms with Crippen LogP contribution in [0.3, 0.4) is 0 Å². The summed E-state index contributed by atoms with van der Waals surface area (Å²) in [5, 5.41) is 0.618. The van der Waals surface area contributed by atoms with E-state index in [0.29, 0.717) is 16.5 Å². The summed E-state index contributed by atoms with van der Waals surface area (Å²) in [6.07, 6.45) is 2.84. The first kappa shape index (κ1) is 19.0. The third-order valence-electron chi connectivity index (χ3n) is 4.44. The van der Waals surface area contributed by atoms with Crippen molar-refractivity contribution in [2.24, 2.45) is 4.99 Å². The van der Waals surface area contributed by atoms with Gasteiger partial charge in [0.25, 0.3) is 0 Å². The van der Waals surface area contributed by atoms with Crippen molar-refractivity contribution in [2.75, 3.05) is 14.1 Å². The molecule has 0 fully saturated rings. The van der Waals surface area contributed by atoms with Gasteiger partial charge in [0.2, 0.25) is 5.90 Å². The number of carbonyl (C=O) groups is 1. The largest absolute Gasteiger partial charge is 0.402 e. The fraction of sp³-hybridized carbons (Fsp3) is 0.100. The Morgan fingerprint density at radius 2 is 1.79 bits per heavy atom.